The van der Waals surface area contributed by atoms with Crippen LogP contribution in [-0.2, 0) is 4.79 Å². The fourth-order valence-electron chi connectivity index (χ4n) is 1.73. The van der Waals surface area contributed by atoms with Gasteiger partial charge in [-0.2, -0.15) is 0 Å². The van der Waals surface area contributed by atoms with E-state index in [1.807, 2.05) is 0 Å². The molecule has 1 aromatic heterocycles. The summed E-state index contributed by atoms with van der Waals surface area (Å²) in [5.74, 6) is -2.24. The largest absolute Gasteiger partial charge is 0.481 e. The number of carbonyl (C=O) groups excluding carboxylic acids is 1. The van der Waals surface area contributed by atoms with Gasteiger partial charge in [0.05, 0.1) is 11.6 Å². The molecule has 0 saturated heterocycles. The Balaban J connectivity index is 2.13. The van der Waals surface area contributed by atoms with Gasteiger partial charge in [0.15, 0.2) is 0 Å². The molecule has 0 aliphatic heterocycles. The molecule has 0 spiro atoms. The number of hydrogen-bond donors (Lipinski definition) is 2. The maximum absolute atomic E-state index is 12.9. The van der Waals surface area contributed by atoms with Crippen LogP contribution < -0.4 is 5.32 Å². The number of aliphatic carboxylic acids is 1. The first kappa shape index (κ1) is 15.6. The molecule has 0 saturated carbocycles. The number of aryl methyl sites for hydroxylation is 1. The number of aromatic nitrogens is 3. The number of halogens is 1. The minimum atomic E-state index is -0.999. The third-order valence-corrected chi connectivity index (χ3v) is 3.03. The predicted octanol–water partition coefficient (Wildman–Crippen LogP) is 1.17. The first-order valence-electron chi connectivity index (χ1n) is 6.59. The number of carbonyl (C=O) groups is 2. The summed E-state index contributed by atoms with van der Waals surface area (Å²) >= 11 is 0. The summed E-state index contributed by atoms with van der Waals surface area (Å²) in [5.41, 5.74) is 0.573. The highest BCUT2D eigenvalue weighted by Crippen LogP contribution is 2.10. The molecule has 0 aliphatic rings. The zero-order valence-electron chi connectivity index (χ0n) is 12.1. The molecule has 7 nitrogen and oxygen atoms in total. The van der Waals surface area contributed by atoms with Crippen molar-refractivity contribution in [2.75, 3.05) is 6.54 Å². The quantitative estimate of drug-likeness (QED) is 0.864. The number of hydrogen-bond acceptors (Lipinski definition) is 4. The van der Waals surface area contributed by atoms with Crippen LogP contribution in [0.1, 0.15) is 23.4 Å². The fraction of sp³-hybridized carbons (Fsp3) is 0.286. The van der Waals surface area contributed by atoms with Crippen molar-refractivity contribution in [3.8, 4) is 5.69 Å². The summed E-state index contributed by atoms with van der Waals surface area (Å²) in [6, 6.07) is 5.60. The van der Waals surface area contributed by atoms with Gasteiger partial charge < -0.3 is 10.4 Å². The van der Waals surface area contributed by atoms with Gasteiger partial charge in [-0.15, -0.1) is 5.10 Å². The van der Waals surface area contributed by atoms with E-state index in [9.17, 15) is 14.0 Å². The van der Waals surface area contributed by atoms with Crippen LogP contribution in [0.5, 0.6) is 0 Å². The van der Waals surface area contributed by atoms with Crippen molar-refractivity contribution >= 4 is 11.9 Å². The lowest BCUT2D eigenvalue weighted by atomic mass is 10.2. The molecule has 2 aromatic rings. The summed E-state index contributed by atoms with van der Waals surface area (Å²) in [6.07, 6.45) is 0. The molecule has 2 rings (SSSR count). The van der Waals surface area contributed by atoms with Crippen molar-refractivity contribution in [3.05, 3.63) is 41.7 Å². The monoisotopic (exact) mass is 306 g/mol. The Morgan fingerprint density at radius 3 is 2.59 bits per heavy atom. The third-order valence-electron chi connectivity index (χ3n) is 3.03. The number of carboxylic acid groups (broad SMARTS) is 1. The second kappa shape index (κ2) is 6.33. The molecule has 2 N–H and O–H groups in total. The van der Waals surface area contributed by atoms with Gasteiger partial charge in [-0.05, 0) is 31.2 Å². The van der Waals surface area contributed by atoms with Gasteiger partial charge in [0.2, 0.25) is 5.82 Å². The summed E-state index contributed by atoms with van der Waals surface area (Å²) < 4.78 is 14.3. The van der Waals surface area contributed by atoms with E-state index in [0.717, 1.165) is 0 Å². The first-order valence-corrected chi connectivity index (χ1v) is 6.59. The van der Waals surface area contributed by atoms with E-state index < -0.39 is 17.8 Å². The Labute approximate surface area is 125 Å². The van der Waals surface area contributed by atoms with Gasteiger partial charge in [0, 0.05) is 6.54 Å². The lowest BCUT2D eigenvalue weighted by Gasteiger charge is -2.06. The highest BCUT2D eigenvalue weighted by atomic mass is 19.1. The first-order chi connectivity index (χ1) is 10.4. The fourth-order valence-corrected chi connectivity index (χ4v) is 1.73. The molecule has 0 radical (unpaired) electrons. The van der Waals surface area contributed by atoms with E-state index in [1.165, 1.54) is 35.9 Å². The zero-order valence-corrected chi connectivity index (χ0v) is 12.1. The van der Waals surface area contributed by atoms with Crippen LogP contribution in [0.15, 0.2) is 24.3 Å². The summed E-state index contributed by atoms with van der Waals surface area (Å²) in [7, 11) is 0. The van der Waals surface area contributed by atoms with E-state index in [2.05, 4.69) is 15.4 Å². The standard InChI is InChI=1S/C14H15FN4O3/c1-8(14(21)22)7-16-13(20)12-17-9(2)19(18-12)11-5-3-10(15)4-6-11/h3-6,8H,7H2,1-2H3,(H,16,20)(H,21,22). The Hall–Kier alpha value is -2.77. The van der Waals surface area contributed by atoms with Crippen molar-refractivity contribution in [2.45, 2.75) is 13.8 Å². The van der Waals surface area contributed by atoms with Crippen molar-refractivity contribution in [2.24, 2.45) is 5.92 Å². The number of nitrogens with one attached hydrogen (secondary N) is 1. The molecular weight excluding hydrogens is 291 g/mol. The Bertz CT molecular complexity index is 697. The third kappa shape index (κ3) is 3.46. The maximum Gasteiger partial charge on any atom is 0.308 e. The molecule has 1 heterocycles. The number of amides is 1. The van der Waals surface area contributed by atoms with E-state index in [1.54, 1.807) is 6.92 Å². The zero-order chi connectivity index (χ0) is 16.3. The molecule has 0 aliphatic carbocycles. The normalized spacial score (nSPS) is 12.0. The van der Waals surface area contributed by atoms with Gasteiger partial charge in [-0.25, -0.2) is 14.1 Å². The Kier molecular flexibility index (Phi) is 4.50. The summed E-state index contributed by atoms with van der Waals surface area (Å²) in [6.45, 7) is 3.13. The molecule has 1 aromatic carbocycles. The molecule has 116 valence electrons. The van der Waals surface area contributed by atoms with Gasteiger partial charge in [0.1, 0.15) is 11.6 Å². The summed E-state index contributed by atoms with van der Waals surface area (Å²) in [4.78, 5) is 26.7. The highest BCUT2D eigenvalue weighted by molar-refractivity contribution is 5.90. The second-order valence-corrected chi connectivity index (χ2v) is 4.82. The van der Waals surface area contributed by atoms with Gasteiger partial charge >= 0.3 is 5.97 Å². The Morgan fingerprint density at radius 2 is 2.00 bits per heavy atom. The van der Waals surface area contributed by atoms with Gasteiger partial charge in [-0.1, -0.05) is 6.92 Å². The Morgan fingerprint density at radius 1 is 1.36 bits per heavy atom. The number of carboxylic acids is 1. The van der Waals surface area contributed by atoms with Gasteiger partial charge in [0.25, 0.3) is 5.91 Å². The lowest BCUT2D eigenvalue weighted by molar-refractivity contribution is -0.140. The number of nitrogens with zero attached hydrogens (tertiary/aromatic N) is 3. The molecule has 1 unspecified atom stereocenters. The van der Waals surface area contributed by atoms with Crippen molar-refractivity contribution in [1.29, 1.82) is 0 Å². The highest BCUT2D eigenvalue weighted by Gasteiger charge is 2.17. The van der Waals surface area contributed by atoms with E-state index in [0.29, 0.717) is 11.5 Å². The number of benzene rings is 1. The average molecular weight is 306 g/mol. The smallest absolute Gasteiger partial charge is 0.308 e. The van der Waals surface area contributed by atoms with Crippen LogP contribution in [-0.4, -0.2) is 38.3 Å². The summed E-state index contributed by atoms with van der Waals surface area (Å²) in [5, 5.41) is 15.3. The van der Waals surface area contributed by atoms with E-state index in [4.69, 9.17) is 5.11 Å². The minimum Gasteiger partial charge on any atom is -0.481 e. The molecule has 8 heteroatoms. The maximum atomic E-state index is 12.9. The molecule has 1 amide bonds. The molecular formula is C14H15FN4O3. The lowest BCUT2D eigenvalue weighted by Crippen LogP contribution is -2.32. The molecule has 0 bridgehead atoms. The van der Waals surface area contributed by atoms with Crippen molar-refractivity contribution < 1.29 is 19.1 Å². The average Bonchev–Trinajstić information content (AvgIpc) is 2.87. The van der Waals surface area contributed by atoms with Crippen LogP contribution in [0.3, 0.4) is 0 Å². The minimum absolute atomic E-state index is 0.0156. The second-order valence-electron chi connectivity index (χ2n) is 4.82. The van der Waals surface area contributed by atoms with Crippen LogP contribution >= 0.6 is 0 Å². The van der Waals surface area contributed by atoms with Crippen LogP contribution in [0.2, 0.25) is 0 Å². The molecule has 0 fully saturated rings. The predicted molar refractivity (Wildman–Crippen MR) is 75.2 cm³/mol. The van der Waals surface area contributed by atoms with Crippen LogP contribution in [0, 0.1) is 18.7 Å². The van der Waals surface area contributed by atoms with Gasteiger partial charge in [-0.3, -0.25) is 9.59 Å². The van der Waals surface area contributed by atoms with E-state index in [-0.39, 0.29) is 18.2 Å². The van der Waals surface area contributed by atoms with Crippen molar-refractivity contribution in [1.82, 2.24) is 20.1 Å². The van der Waals surface area contributed by atoms with Crippen molar-refractivity contribution in [3.63, 3.8) is 0 Å². The molecule has 1 atom stereocenters. The molecule has 22 heavy (non-hydrogen) atoms. The SMILES string of the molecule is Cc1nc(C(=O)NCC(C)C(=O)O)nn1-c1ccc(F)cc1. The van der Waals surface area contributed by atoms with E-state index >= 15 is 0 Å². The topological polar surface area (TPSA) is 97.1 Å². The van der Waals surface area contributed by atoms with Crippen LogP contribution in [0.25, 0.3) is 5.69 Å². The number of rotatable bonds is 5. The van der Waals surface area contributed by atoms with Crippen LogP contribution in [0.4, 0.5) is 4.39 Å².